The normalized spacial score (nSPS) is 12.3. The summed E-state index contributed by atoms with van der Waals surface area (Å²) in [6.07, 6.45) is 0.554. The largest absolute Gasteiger partial charge is 0.494 e. The highest BCUT2D eigenvalue weighted by Gasteiger charge is 2.34. The van der Waals surface area contributed by atoms with Crippen molar-refractivity contribution in [1.29, 1.82) is 0 Å². The number of alkyl halides is 2. The van der Waals surface area contributed by atoms with E-state index in [2.05, 4.69) is 32.7 Å². The summed E-state index contributed by atoms with van der Waals surface area (Å²) in [7, 11) is -3.33. The third kappa shape index (κ3) is 11.8. The minimum atomic E-state index is -3.54. The molecule has 0 aliphatic rings. The number of halogens is 2. The molecule has 43 heavy (non-hydrogen) atoms. The van der Waals surface area contributed by atoms with Crippen LogP contribution >= 0.6 is 0 Å². The van der Waals surface area contributed by atoms with Crippen molar-refractivity contribution in [2.45, 2.75) is 57.7 Å². The molecule has 0 bridgehead atoms. The molecule has 0 unspecified atom stereocenters. The van der Waals surface area contributed by atoms with Crippen molar-refractivity contribution < 1.29 is 31.9 Å². The van der Waals surface area contributed by atoms with Gasteiger partial charge in [-0.2, -0.15) is 8.78 Å². The summed E-state index contributed by atoms with van der Waals surface area (Å²) in [5.41, 5.74) is 13.9. The zero-order valence-corrected chi connectivity index (χ0v) is 27.5. The smallest absolute Gasteiger partial charge is 0.426 e. The van der Waals surface area contributed by atoms with E-state index in [1.54, 1.807) is 30.3 Å². The van der Waals surface area contributed by atoms with E-state index >= 15 is 0 Å². The Kier molecular flexibility index (Phi) is 11.5. The van der Waals surface area contributed by atoms with Crippen LogP contribution in [-0.4, -0.2) is 35.8 Å². The van der Waals surface area contributed by atoms with E-state index in [4.69, 9.17) is 29.8 Å². The Morgan fingerprint density at radius 1 is 0.884 bits per heavy atom. The number of carbonyl (C=O) groups is 1. The molecule has 3 aromatic rings. The highest BCUT2D eigenvalue weighted by atomic mass is 28.4. The molecule has 0 heterocycles. The highest BCUT2D eigenvalue weighted by Crippen LogP contribution is 2.33. The minimum Gasteiger partial charge on any atom is -0.494 e. The van der Waals surface area contributed by atoms with Crippen molar-refractivity contribution >= 4 is 40.1 Å². The molecule has 0 aliphatic heterocycles. The topological polar surface area (TPSA) is 106 Å². The summed E-state index contributed by atoms with van der Waals surface area (Å²) in [5.74, 6) is -0.0253. The van der Waals surface area contributed by atoms with Gasteiger partial charge in [-0.05, 0) is 111 Å². The molecule has 0 aliphatic carbocycles. The molecule has 0 saturated heterocycles. The second kappa shape index (κ2) is 14.7. The van der Waals surface area contributed by atoms with Gasteiger partial charge >= 0.3 is 12.1 Å². The summed E-state index contributed by atoms with van der Waals surface area (Å²) in [6, 6.07) is 17.8. The SMILES string of the molecule is C[Si](C)(C)O[Si](C)(C)CCCOc1ccc(C(F)(F)Oc2ccc(/C=C/C(=O)OCCc3ccc(N)cc3N)cc2)cc1. The number of hydrogen-bond acceptors (Lipinski definition) is 7. The molecule has 232 valence electrons. The number of anilines is 2. The fourth-order valence-corrected chi connectivity index (χ4v) is 12.5. The van der Waals surface area contributed by atoms with Gasteiger partial charge in [-0.25, -0.2) is 4.79 Å². The molecule has 0 amide bonds. The average molecular weight is 629 g/mol. The van der Waals surface area contributed by atoms with E-state index in [1.807, 2.05) is 0 Å². The van der Waals surface area contributed by atoms with Crippen molar-refractivity contribution in [1.82, 2.24) is 0 Å². The Morgan fingerprint density at radius 3 is 2.16 bits per heavy atom. The van der Waals surface area contributed by atoms with Crippen LogP contribution in [0.5, 0.6) is 11.5 Å². The Morgan fingerprint density at radius 2 is 1.53 bits per heavy atom. The molecule has 11 heteroatoms. The Labute approximate surface area is 255 Å². The minimum absolute atomic E-state index is 0.0153. The maximum atomic E-state index is 14.8. The fraction of sp³-hybridized carbons (Fsp3) is 0.344. The third-order valence-corrected chi connectivity index (χ3v) is 12.5. The van der Waals surface area contributed by atoms with Crippen LogP contribution in [0.3, 0.4) is 0 Å². The number of nitrogens with two attached hydrogens (primary N) is 2. The van der Waals surface area contributed by atoms with E-state index in [9.17, 15) is 13.6 Å². The summed E-state index contributed by atoms with van der Waals surface area (Å²) < 4.78 is 51.9. The maximum absolute atomic E-state index is 14.8. The zero-order valence-electron chi connectivity index (χ0n) is 25.5. The van der Waals surface area contributed by atoms with Gasteiger partial charge in [0.2, 0.25) is 0 Å². The lowest BCUT2D eigenvalue weighted by molar-refractivity contribution is -0.185. The zero-order chi connectivity index (χ0) is 31.7. The Bertz CT molecular complexity index is 1380. The molecule has 7 nitrogen and oxygen atoms in total. The van der Waals surface area contributed by atoms with E-state index in [-0.39, 0.29) is 17.9 Å². The van der Waals surface area contributed by atoms with Crippen molar-refractivity contribution in [2.24, 2.45) is 0 Å². The molecular formula is C32H42F2N2O5Si2. The number of ether oxygens (including phenoxy) is 3. The lowest BCUT2D eigenvalue weighted by Crippen LogP contribution is -2.42. The second-order valence-corrected chi connectivity index (χ2v) is 20.9. The lowest BCUT2D eigenvalue weighted by atomic mass is 10.1. The quantitative estimate of drug-likeness (QED) is 0.0587. The average Bonchev–Trinajstić information content (AvgIpc) is 2.91. The summed E-state index contributed by atoms with van der Waals surface area (Å²) in [6.45, 7) is 11.7. The van der Waals surface area contributed by atoms with E-state index in [1.165, 1.54) is 48.6 Å². The standard InChI is InChI=1S/C32H42F2N2O5Si2/c1-42(2,3)41-43(4,5)22-6-20-38-28-16-11-26(12-17-28)32(33,34)40-29-14-7-24(8-15-29)9-18-31(37)39-21-19-25-10-13-27(35)23-30(25)36/h7-18,23H,6,19-22,35-36H2,1-5H3/b18-9+. The summed E-state index contributed by atoms with van der Waals surface area (Å²) in [4.78, 5) is 12.0. The van der Waals surface area contributed by atoms with Gasteiger partial charge in [0.25, 0.3) is 0 Å². The van der Waals surface area contributed by atoms with Crippen LogP contribution in [0.4, 0.5) is 20.2 Å². The number of benzene rings is 3. The Balaban J connectivity index is 1.44. The van der Waals surface area contributed by atoms with Crippen molar-refractivity contribution in [3.8, 4) is 11.5 Å². The van der Waals surface area contributed by atoms with Crippen molar-refractivity contribution in [3.63, 3.8) is 0 Å². The number of nitrogen functional groups attached to an aromatic ring is 2. The molecule has 0 radical (unpaired) electrons. The van der Waals surface area contributed by atoms with Gasteiger partial charge in [0.15, 0.2) is 16.6 Å². The van der Waals surface area contributed by atoms with Crippen LogP contribution in [0.1, 0.15) is 23.1 Å². The van der Waals surface area contributed by atoms with Gasteiger partial charge < -0.3 is 29.8 Å². The Hall–Kier alpha value is -3.68. The first-order valence-corrected chi connectivity index (χ1v) is 20.7. The van der Waals surface area contributed by atoms with Crippen LogP contribution in [0, 0.1) is 0 Å². The maximum Gasteiger partial charge on any atom is 0.426 e. The molecular weight excluding hydrogens is 587 g/mol. The van der Waals surface area contributed by atoms with Crippen molar-refractivity contribution in [2.75, 3.05) is 24.7 Å². The molecule has 3 aromatic carbocycles. The third-order valence-electron chi connectivity index (χ3n) is 6.29. The molecule has 0 saturated carbocycles. The van der Waals surface area contributed by atoms with Gasteiger partial charge in [0, 0.05) is 23.9 Å². The van der Waals surface area contributed by atoms with E-state index in [0.717, 1.165) is 18.0 Å². The van der Waals surface area contributed by atoms with Gasteiger partial charge in [0.05, 0.1) is 18.8 Å². The van der Waals surface area contributed by atoms with E-state index < -0.39 is 28.7 Å². The van der Waals surface area contributed by atoms with Gasteiger partial charge in [-0.1, -0.05) is 18.2 Å². The highest BCUT2D eigenvalue weighted by molar-refractivity contribution is 6.84. The first-order valence-electron chi connectivity index (χ1n) is 14.2. The molecule has 3 rings (SSSR count). The van der Waals surface area contributed by atoms with Crippen LogP contribution < -0.4 is 20.9 Å². The van der Waals surface area contributed by atoms with Crippen LogP contribution in [-0.2, 0) is 26.2 Å². The predicted octanol–water partition coefficient (Wildman–Crippen LogP) is 7.60. The molecule has 0 spiro atoms. The van der Waals surface area contributed by atoms with Gasteiger partial charge in [-0.3, -0.25) is 0 Å². The molecule has 0 atom stereocenters. The second-order valence-electron chi connectivity index (χ2n) is 11.8. The number of esters is 1. The van der Waals surface area contributed by atoms with Crippen LogP contribution in [0.25, 0.3) is 6.08 Å². The van der Waals surface area contributed by atoms with Crippen LogP contribution in [0.2, 0.25) is 38.8 Å². The van der Waals surface area contributed by atoms with Gasteiger partial charge in [0.1, 0.15) is 11.5 Å². The predicted molar refractivity (Wildman–Crippen MR) is 173 cm³/mol. The first-order chi connectivity index (χ1) is 20.1. The van der Waals surface area contributed by atoms with Crippen molar-refractivity contribution in [3.05, 3.63) is 89.5 Å². The summed E-state index contributed by atoms with van der Waals surface area (Å²) in [5, 5.41) is 0. The number of rotatable bonds is 15. The molecule has 0 aromatic heterocycles. The summed E-state index contributed by atoms with van der Waals surface area (Å²) >= 11 is 0. The molecule has 0 fully saturated rings. The van der Waals surface area contributed by atoms with Gasteiger partial charge in [-0.15, -0.1) is 0 Å². The number of hydrogen-bond donors (Lipinski definition) is 2. The monoisotopic (exact) mass is 628 g/mol. The van der Waals surface area contributed by atoms with E-state index in [0.29, 0.717) is 35.7 Å². The fourth-order valence-electron chi connectivity index (χ4n) is 4.48. The molecule has 4 N–H and O–H groups in total. The van der Waals surface area contributed by atoms with Crippen LogP contribution in [0.15, 0.2) is 72.8 Å². The lowest BCUT2D eigenvalue weighted by Gasteiger charge is -2.31. The number of carbonyl (C=O) groups excluding carboxylic acids is 1. The first kappa shape index (κ1) is 33.8.